The minimum atomic E-state index is -2.45. The molecule has 100 heavy (non-hydrogen) atoms. The zero-order valence-corrected chi connectivity index (χ0v) is 64.2. The SMILES string of the molecule is CCN(CC)c1ccc2c(-c3ccccc3C(O)=Nc3ccc(-c4cc(O[Si](C)(C)C(C)(C)C)c(O[Si](C)(C)C(C)(C)C)cc4-c4ccc(N=C(O)c5ccccc5-c5c6ccc(=[N+](CC)CC)cc-6oc6cc(N(CC)CC)ccc56)cc4)cc3)c3ccc(=[N+](CC)CC)cc-3oc2c1. The molecular formula is C86H102N6O6Si2+2. The number of hydrogen-bond acceptors (Lipinski definition) is 8. The number of anilines is 2. The second kappa shape index (κ2) is 29.4. The molecule has 0 aromatic heterocycles. The molecule has 7 aromatic rings. The molecule has 0 spiro atoms. The quantitative estimate of drug-likeness (QED) is 0.0226. The summed E-state index contributed by atoms with van der Waals surface area (Å²) in [5.74, 6) is 2.74. The van der Waals surface area contributed by atoms with Gasteiger partial charge in [0.15, 0.2) is 0 Å². The Morgan fingerprint density at radius 3 is 1.09 bits per heavy atom. The standard InChI is InChI=1S/C86H100N6O6Si2/c1-19-89(20-2)61-43-47-69-75(51-61)95-76-52-62(90(21-3)22-4)44-48-70(76)81(69)65-31-27-29-33-67(65)83(93)87-59-39-35-57(36-40-59)73-55-79(97-99(15,16)85(9,10)11)80(98-100(17,18)86(12,13)14)56-74(73)58-37-41-60(42-38-58)88-84(94)68-34-30-28-32-66(68)82-71-49-45-63(91(23-5)24-6)53-77(71)96-78-54-64(46-50-72(78)82)92(25-7)26-8/h27-56H,19-26H2,1-18H3/p+2. The van der Waals surface area contributed by atoms with Gasteiger partial charge in [-0.25, -0.2) is 19.1 Å². The van der Waals surface area contributed by atoms with Gasteiger partial charge < -0.3 is 37.7 Å². The van der Waals surface area contributed by atoms with Crippen LogP contribution < -0.4 is 38.5 Å². The van der Waals surface area contributed by atoms with E-state index in [1.807, 2.05) is 60.7 Å². The van der Waals surface area contributed by atoms with E-state index in [2.05, 4.69) is 263 Å². The van der Waals surface area contributed by atoms with E-state index in [1.165, 1.54) is 0 Å². The average Bonchev–Trinajstić information content (AvgIpc) is 0.757. The highest BCUT2D eigenvalue weighted by molar-refractivity contribution is 6.75. The van der Waals surface area contributed by atoms with Gasteiger partial charge in [-0.1, -0.05) is 102 Å². The van der Waals surface area contributed by atoms with Crippen molar-refractivity contribution in [2.75, 3.05) is 62.2 Å². The van der Waals surface area contributed by atoms with Crippen LogP contribution in [0.5, 0.6) is 11.5 Å². The topological polar surface area (TPSA) is 122 Å². The summed E-state index contributed by atoms with van der Waals surface area (Å²) in [6.45, 7) is 46.9. The van der Waals surface area contributed by atoms with E-state index in [0.29, 0.717) is 34.0 Å². The zero-order chi connectivity index (χ0) is 71.6. The van der Waals surface area contributed by atoms with Crippen molar-refractivity contribution in [2.45, 2.75) is 133 Å². The fraction of sp³-hybridized carbons (Fsp3) is 0.326. The van der Waals surface area contributed by atoms with Crippen LogP contribution in [0.2, 0.25) is 36.3 Å². The Bertz CT molecular complexity index is 4620. The summed E-state index contributed by atoms with van der Waals surface area (Å²) >= 11 is 0. The molecule has 518 valence electrons. The largest absolute Gasteiger partial charge is 0.541 e. The number of benzene rings is 9. The second-order valence-electron chi connectivity index (χ2n) is 29.0. The minimum Gasteiger partial charge on any atom is -0.541 e. The summed E-state index contributed by atoms with van der Waals surface area (Å²) in [7, 11) is -4.90. The molecule has 0 unspecified atom stereocenters. The van der Waals surface area contributed by atoms with Crippen LogP contribution in [0, 0.1) is 0 Å². The number of aliphatic imine (C=N–C) groups is 2. The first-order valence-corrected chi connectivity index (χ1v) is 41.8. The maximum Gasteiger partial charge on any atom is 0.250 e. The number of fused-ring (bicyclic) bond motifs is 4. The van der Waals surface area contributed by atoms with Crippen LogP contribution in [0.3, 0.4) is 0 Å². The molecule has 0 bridgehead atoms. The molecule has 0 radical (unpaired) electrons. The van der Waals surface area contributed by atoms with Crippen molar-refractivity contribution in [3.05, 3.63) is 204 Å². The van der Waals surface area contributed by atoms with Crippen molar-refractivity contribution in [3.63, 3.8) is 0 Å². The minimum absolute atomic E-state index is 0.105. The van der Waals surface area contributed by atoms with Crippen molar-refractivity contribution >= 4 is 73.1 Å². The molecule has 2 N–H and O–H groups in total. The van der Waals surface area contributed by atoms with Gasteiger partial charge >= 0.3 is 0 Å². The predicted octanol–water partition coefficient (Wildman–Crippen LogP) is 21.4. The first-order chi connectivity index (χ1) is 47.8. The summed E-state index contributed by atoms with van der Waals surface area (Å²) in [6, 6.07) is 62.2. The molecule has 0 saturated carbocycles. The molecule has 12 nitrogen and oxygen atoms in total. The Labute approximate surface area is 594 Å². The number of aliphatic hydroxyl groups is 2. The van der Waals surface area contributed by atoms with Gasteiger partial charge in [-0.15, -0.1) is 0 Å². The first-order valence-electron chi connectivity index (χ1n) is 36.0. The third kappa shape index (κ3) is 14.5. The first kappa shape index (κ1) is 71.8. The number of nitrogens with zero attached hydrogens (tertiary/aromatic N) is 6. The molecule has 0 atom stereocenters. The van der Waals surface area contributed by atoms with Crippen molar-refractivity contribution in [3.8, 4) is 78.7 Å². The number of aliphatic hydroxyl groups excluding tert-OH is 2. The normalized spacial score (nSPS) is 12.6. The van der Waals surface area contributed by atoms with E-state index in [1.54, 1.807) is 0 Å². The Morgan fingerprint density at radius 2 is 0.760 bits per heavy atom. The van der Waals surface area contributed by atoms with Crippen LogP contribution in [0.15, 0.2) is 201 Å². The molecule has 0 fully saturated rings. The molecule has 14 heteroatoms. The zero-order valence-electron chi connectivity index (χ0n) is 62.2. The third-order valence-corrected chi connectivity index (χ3v) is 29.7. The summed E-state index contributed by atoms with van der Waals surface area (Å²) in [5.41, 5.74) is 15.3. The number of rotatable bonds is 22. The highest BCUT2D eigenvalue weighted by Gasteiger charge is 2.43. The van der Waals surface area contributed by atoms with Crippen molar-refractivity contribution in [1.82, 2.24) is 9.15 Å². The average molecular weight is 1370 g/mol. The molecule has 4 aliphatic rings. The molecule has 2 heterocycles. The number of hydrogen-bond donors (Lipinski definition) is 2. The van der Waals surface area contributed by atoms with Crippen molar-refractivity contribution < 1.29 is 27.9 Å². The van der Waals surface area contributed by atoms with E-state index in [9.17, 15) is 10.2 Å². The third-order valence-electron chi connectivity index (χ3n) is 21.0. The van der Waals surface area contributed by atoms with Gasteiger partial charge in [-0.3, -0.25) is 0 Å². The Hall–Kier alpha value is -9.51. The molecule has 2 aliphatic heterocycles. The van der Waals surface area contributed by atoms with Crippen LogP contribution in [0.25, 0.3) is 89.1 Å². The van der Waals surface area contributed by atoms with Gasteiger partial charge in [-0.05, 0) is 210 Å². The highest BCUT2D eigenvalue weighted by atomic mass is 28.4. The van der Waals surface area contributed by atoms with Crippen LogP contribution in [0.4, 0.5) is 22.7 Å². The monoisotopic (exact) mass is 1370 g/mol. The lowest BCUT2D eigenvalue weighted by Gasteiger charge is -2.40. The molecule has 2 aliphatic carbocycles. The second-order valence-corrected chi connectivity index (χ2v) is 38.4. The van der Waals surface area contributed by atoms with E-state index in [-0.39, 0.29) is 21.9 Å². The van der Waals surface area contributed by atoms with Crippen LogP contribution in [-0.2, 0) is 0 Å². The van der Waals surface area contributed by atoms with Gasteiger partial charge in [0, 0.05) is 106 Å². The fourth-order valence-corrected chi connectivity index (χ4v) is 15.1. The molecule has 7 aromatic carbocycles. The van der Waals surface area contributed by atoms with Crippen LogP contribution >= 0.6 is 0 Å². The van der Waals surface area contributed by atoms with Crippen molar-refractivity contribution in [2.24, 2.45) is 9.98 Å². The van der Waals surface area contributed by atoms with Gasteiger partial charge in [0.1, 0.15) is 60.4 Å². The maximum atomic E-state index is 12.4. The molecular weight excluding hydrogens is 1270 g/mol. The molecule has 0 amide bonds. The lowest BCUT2D eigenvalue weighted by molar-refractivity contribution is 0.441. The summed E-state index contributed by atoms with van der Waals surface area (Å²) in [6.07, 6.45) is 0. The Balaban J connectivity index is 1.02. The Kier molecular flexibility index (Phi) is 21.1. The summed E-state index contributed by atoms with van der Waals surface area (Å²) in [4.78, 5) is 14.6. The van der Waals surface area contributed by atoms with E-state index in [4.69, 9.17) is 27.7 Å². The highest BCUT2D eigenvalue weighted by Crippen LogP contribution is 2.50. The van der Waals surface area contributed by atoms with Gasteiger partial charge in [0.2, 0.25) is 22.5 Å². The lowest BCUT2D eigenvalue weighted by Crippen LogP contribution is -2.45. The smallest absolute Gasteiger partial charge is 0.250 e. The van der Waals surface area contributed by atoms with Crippen LogP contribution in [0.1, 0.15) is 108 Å². The lowest BCUT2D eigenvalue weighted by atomic mass is 9.90. The van der Waals surface area contributed by atoms with Crippen LogP contribution in [-0.4, -0.2) is 91.0 Å². The Morgan fingerprint density at radius 1 is 0.410 bits per heavy atom. The van der Waals surface area contributed by atoms with Gasteiger partial charge in [-0.2, -0.15) is 0 Å². The predicted molar refractivity (Wildman–Crippen MR) is 427 cm³/mol. The molecule has 0 saturated heterocycles. The van der Waals surface area contributed by atoms with Gasteiger partial charge in [0.25, 0.3) is 16.6 Å². The summed E-state index contributed by atoms with van der Waals surface area (Å²) < 4.78 is 33.0. The fourth-order valence-electron chi connectivity index (χ4n) is 13.1. The maximum absolute atomic E-state index is 12.4. The van der Waals surface area contributed by atoms with E-state index < -0.39 is 16.6 Å². The van der Waals surface area contributed by atoms with Crippen molar-refractivity contribution in [1.29, 1.82) is 0 Å². The van der Waals surface area contributed by atoms with E-state index >= 15 is 0 Å². The van der Waals surface area contributed by atoms with E-state index in [0.717, 1.165) is 164 Å². The molecule has 11 rings (SSSR count). The summed E-state index contributed by atoms with van der Waals surface area (Å²) in [5, 5.41) is 28.7. The van der Waals surface area contributed by atoms with Gasteiger partial charge in [0.05, 0.1) is 23.5 Å².